The van der Waals surface area contributed by atoms with E-state index in [1.165, 1.54) is 0 Å². The summed E-state index contributed by atoms with van der Waals surface area (Å²) < 4.78 is 5.23. The maximum atomic E-state index is 12.3. The normalized spacial score (nSPS) is 24.2. The number of rotatable bonds is 4. The van der Waals surface area contributed by atoms with Gasteiger partial charge in [0.05, 0.1) is 25.7 Å². The second-order valence-electron chi connectivity index (χ2n) is 6.56. The zero-order chi connectivity index (χ0) is 17.3. The zero-order valence-corrected chi connectivity index (χ0v) is 14.0. The second-order valence-corrected chi connectivity index (χ2v) is 6.56. The zero-order valence-electron chi connectivity index (χ0n) is 14.0. The lowest BCUT2D eigenvalue weighted by Crippen LogP contribution is -2.48. The van der Waals surface area contributed by atoms with Crippen molar-refractivity contribution in [3.8, 4) is 0 Å². The van der Waals surface area contributed by atoms with Crippen LogP contribution >= 0.6 is 0 Å². The highest BCUT2D eigenvalue weighted by atomic mass is 16.5. The van der Waals surface area contributed by atoms with Gasteiger partial charge in [-0.25, -0.2) is 0 Å². The summed E-state index contributed by atoms with van der Waals surface area (Å²) in [6, 6.07) is 6.05. The highest BCUT2D eigenvalue weighted by molar-refractivity contribution is 5.91. The highest BCUT2D eigenvalue weighted by Crippen LogP contribution is 2.25. The van der Waals surface area contributed by atoms with Crippen LogP contribution in [0.3, 0.4) is 0 Å². The summed E-state index contributed by atoms with van der Waals surface area (Å²) in [4.78, 5) is 15.7. The molecule has 24 heavy (non-hydrogen) atoms. The molecule has 6 nitrogen and oxygen atoms in total. The molecule has 3 atom stereocenters. The molecule has 0 bridgehead atoms. The van der Waals surface area contributed by atoms with Gasteiger partial charge in [-0.1, -0.05) is 18.2 Å². The molecule has 2 heterocycles. The van der Waals surface area contributed by atoms with E-state index in [-0.39, 0.29) is 31.4 Å². The van der Waals surface area contributed by atoms with Gasteiger partial charge in [-0.15, -0.1) is 0 Å². The summed E-state index contributed by atoms with van der Waals surface area (Å²) in [5.74, 6) is -0.392. The van der Waals surface area contributed by atoms with Crippen LogP contribution in [0.5, 0.6) is 0 Å². The number of fused-ring (bicyclic) bond motifs is 1. The molecule has 1 amide bonds. The topological polar surface area (TPSA) is 94.6 Å². The monoisotopic (exact) mass is 332 g/mol. The van der Waals surface area contributed by atoms with Gasteiger partial charge < -0.3 is 25.3 Å². The van der Waals surface area contributed by atoms with Gasteiger partial charge in [-0.05, 0) is 25.0 Å². The van der Waals surface area contributed by atoms with Crippen molar-refractivity contribution < 1.29 is 19.7 Å². The maximum absolute atomic E-state index is 12.3. The molecule has 0 unspecified atom stereocenters. The molecule has 1 aromatic heterocycles. The second kappa shape index (κ2) is 6.93. The third kappa shape index (κ3) is 3.31. The van der Waals surface area contributed by atoms with Gasteiger partial charge in [0.25, 0.3) is 0 Å². The van der Waals surface area contributed by atoms with Crippen molar-refractivity contribution >= 4 is 16.8 Å². The number of hydrogen-bond acceptors (Lipinski definition) is 4. The predicted octanol–water partition coefficient (Wildman–Crippen LogP) is 0.812. The van der Waals surface area contributed by atoms with E-state index in [0.717, 1.165) is 27.7 Å². The first-order chi connectivity index (χ1) is 11.5. The fraction of sp³-hybridized carbons (Fsp3) is 0.500. The van der Waals surface area contributed by atoms with Crippen LogP contribution in [0.15, 0.2) is 18.2 Å². The molecule has 1 fully saturated rings. The van der Waals surface area contributed by atoms with Gasteiger partial charge in [-0.3, -0.25) is 4.79 Å². The van der Waals surface area contributed by atoms with E-state index in [1.807, 2.05) is 32.0 Å². The summed E-state index contributed by atoms with van der Waals surface area (Å²) in [6.07, 6.45) is -1.47. The quantitative estimate of drug-likeness (QED) is 0.666. The lowest BCUT2D eigenvalue weighted by Gasteiger charge is -2.31. The lowest BCUT2D eigenvalue weighted by atomic mass is 9.96. The third-order valence-electron chi connectivity index (χ3n) is 4.76. The number of carbonyl (C=O) groups is 1. The molecular weight excluding hydrogens is 308 g/mol. The number of nitrogens with one attached hydrogen (secondary N) is 2. The summed E-state index contributed by atoms with van der Waals surface area (Å²) in [5.41, 5.74) is 4.20. The van der Waals surface area contributed by atoms with Crippen LogP contribution in [0.4, 0.5) is 0 Å². The first-order valence-electron chi connectivity index (χ1n) is 8.24. The largest absolute Gasteiger partial charge is 0.390 e. The number of para-hydroxylation sites is 1. The van der Waals surface area contributed by atoms with Gasteiger partial charge in [0, 0.05) is 29.1 Å². The fourth-order valence-electron chi connectivity index (χ4n) is 3.28. The Balaban J connectivity index is 1.65. The number of aliphatic hydroxyl groups excluding tert-OH is 2. The molecule has 0 aliphatic carbocycles. The van der Waals surface area contributed by atoms with Gasteiger partial charge in [-0.2, -0.15) is 0 Å². The molecule has 1 aliphatic rings. The molecule has 2 aromatic rings. The van der Waals surface area contributed by atoms with Crippen LogP contribution in [0.2, 0.25) is 0 Å². The van der Waals surface area contributed by atoms with E-state index in [9.17, 15) is 15.0 Å². The summed E-state index contributed by atoms with van der Waals surface area (Å²) in [6.45, 7) is 4.77. The minimum atomic E-state index is -0.889. The van der Waals surface area contributed by atoms with Crippen LogP contribution < -0.4 is 5.32 Å². The minimum absolute atomic E-state index is 0.104. The van der Waals surface area contributed by atoms with E-state index in [4.69, 9.17) is 4.74 Å². The van der Waals surface area contributed by atoms with E-state index in [1.54, 1.807) is 0 Å². The highest BCUT2D eigenvalue weighted by Gasteiger charge is 2.31. The third-order valence-corrected chi connectivity index (χ3v) is 4.76. The Kier molecular flexibility index (Phi) is 4.89. The van der Waals surface area contributed by atoms with Crippen LogP contribution in [0.1, 0.15) is 16.8 Å². The molecule has 1 aliphatic heterocycles. The van der Waals surface area contributed by atoms with Crippen molar-refractivity contribution in [1.82, 2.24) is 10.3 Å². The Labute approximate surface area is 140 Å². The Hall–Kier alpha value is -1.89. The number of amides is 1. The Morgan fingerprint density at radius 1 is 1.33 bits per heavy atom. The molecule has 0 saturated carbocycles. The van der Waals surface area contributed by atoms with Crippen LogP contribution in [0.25, 0.3) is 10.9 Å². The molecule has 0 radical (unpaired) electrons. The fourth-order valence-corrected chi connectivity index (χ4v) is 3.28. The summed E-state index contributed by atoms with van der Waals surface area (Å²) in [7, 11) is 0. The van der Waals surface area contributed by atoms with Gasteiger partial charge in [0.2, 0.25) is 5.91 Å². The molecule has 1 aromatic carbocycles. The number of carbonyl (C=O) groups excluding carboxylic acids is 1. The standard InChI is InChI=1S/C18H24N2O4/c1-10-4-3-5-13-14(11(2)20-17(10)13)6-16(22)19-7-12-8-24-9-15(21)18(12)23/h3-5,12,15,18,20-21,23H,6-9H2,1-2H3,(H,19,22)/t12-,15-,18+/m1/s1. The average molecular weight is 332 g/mol. The van der Waals surface area contributed by atoms with Crippen molar-refractivity contribution in [3.63, 3.8) is 0 Å². The number of aromatic amines is 1. The molecule has 130 valence electrons. The van der Waals surface area contributed by atoms with Crippen LogP contribution in [0, 0.1) is 19.8 Å². The average Bonchev–Trinajstić information content (AvgIpc) is 2.87. The Morgan fingerprint density at radius 2 is 2.12 bits per heavy atom. The number of aromatic nitrogens is 1. The van der Waals surface area contributed by atoms with E-state index >= 15 is 0 Å². The smallest absolute Gasteiger partial charge is 0.224 e. The van der Waals surface area contributed by atoms with E-state index in [2.05, 4.69) is 10.3 Å². The van der Waals surface area contributed by atoms with Crippen molar-refractivity contribution in [2.45, 2.75) is 32.5 Å². The van der Waals surface area contributed by atoms with Crippen molar-refractivity contribution in [1.29, 1.82) is 0 Å². The van der Waals surface area contributed by atoms with Crippen LogP contribution in [-0.2, 0) is 16.0 Å². The van der Waals surface area contributed by atoms with E-state index < -0.39 is 12.2 Å². The lowest BCUT2D eigenvalue weighted by molar-refractivity contribution is -0.127. The molecule has 4 N–H and O–H groups in total. The number of aliphatic hydroxyl groups is 2. The summed E-state index contributed by atoms with van der Waals surface area (Å²) >= 11 is 0. The van der Waals surface area contributed by atoms with Crippen molar-refractivity contribution in [3.05, 3.63) is 35.0 Å². The molecule has 3 rings (SSSR count). The maximum Gasteiger partial charge on any atom is 0.224 e. The van der Waals surface area contributed by atoms with Crippen LogP contribution in [-0.4, -0.2) is 53.1 Å². The molecule has 1 saturated heterocycles. The minimum Gasteiger partial charge on any atom is -0.390 e. The van der Waals surface area contributed by atoms with Gasteiger partial charge in [0.15, 0.2) is 0 Å². The number of H-pyrrole nitrogens is 1. The van der Waals surface area contributed by atoms with Gasteiger partial charge >= 0.3 is 0 Å². The van der Waals surface area contributed by atoms with Crippen molar-refractivity contribution in [2.24, 2.45) is 5.92 Å². The molecule has 0 spiro atoms. The first-order valence-corrected chi connectivity index (χ1v) is 8.24. The Morgan fingerprint density at radius 3 is 2.92 bits per heavy atom. The number of aryl methyl sites for hydroxylation is 2. The summed E-state index contributed by atoms with van der Waals surface area (Å²) in [5, 5.41) is 23.5. The molecule has 6 heteroatoms. The number of ether oxygens (including phenoxy) is 1. The first kappa shape index (κ1) is 17.0. The SMILES string of the molecule is Cc1[nH]c2c(C)cccc2c1CC(=O)NC[C@@H]1COC[C@@H](O)[C@H]1O. The molecular formula is C18H24N2O4. The number of benzene rings is 1. The van der Waals surface area contributed by atoms with E-state index in [0.29, 0.717) is 6.61 Å². The Bertz CT molecular complexity index is 740. The number of hydrogen-bond donors (Lipinski definition) is 4. The predicted molar refractivity (Wildman–Crippen MR) is 90.8 cm³/mol. The van der Waals surface area contributed by atoms with Gasteiger partial charge in [0.1, 0.15) is 6.10 Å². The van der Waals surface area contributed by atoms with Crippen molar-refractivity contribution in [2.75, 3.05) is 19.8 Å².